The second-order valence-electron chi connectivity index (χ2n) is 9.28. The van der Waals surface area contributed by atoms with Gasteiger partial charge in [-0.2, -0.15) is 5.10 Å². The number of hydrogen-bond acceptors (Lipinski definition) is 6. The lowest BCUT2D eigenvalue weighted by Gasteiger charge is -2.31. The smallest absolute Gasteiger partial charge is 0.266 e. The number of nitrogens with zero attached hydrogens (tertiary/aromatic N) is 2. The van der Waals surface area contributed by atoms with Gasteiger partial charge in [-0.15, -0.1) is 11.3 Å². The Balaban J connectivity index is 1.58. The normalized spacial score (nSPS) is 21.8. The molecule has 2 aliphatic carbocycles. The first kappa shape index (κ1) is 23.4. The number of rotatable bonds is 6. The minimum atomic E-state index is -0.919. The summed E-state index contributed by atoms with van der Waals surface area (Å²) in [5.74, 6) is -1.15. The van der Waals surface area contributed by atoms with Crippen LogP contribution in [0.15, 0.2) is 12.1 Å². The van der Waals surface area contributed by atoms with E-state index >= 15 is 0 Å². The van der Waals surface area contributed by atoms with Crippen LogP contribution in [0.2, 0.25) is 0 Å². The van der Waals surface area contributed by atoms with Crippen LogP contribution in [0, 0.1) is 5.92 Å². The lowest BCUT2D eigenvalue weighted by atomic mass is 9.78. The molecule has 0 saturated heterocycles. The van der Waals surface area contributed by atoms with Crippen molar-refractivity contribution in [3.05, 3.63) is 34.0 Å². The lowest BCUT2D eigenvalue weighted by Crippen LogP contribution is -2.56. The van der Waals surface area contributed by atoms with Crippen LogP contribution >= 0.6 is 11.3 Å². The highest BCUT2D eigenvalue weighted by atomic mass is 32.1. The molecule has 0 spiro atoms. The molecule has 2 aromatic heterocycles. The Morgan fingerprint density at radius 1 is 1.24 bits per heavy atom. The zero-order valence-electron chi connectivity index (χ0n) is 19.1. The number of amides is 3. The number of aromatic nitrogens is 2. The molecule has 1 saturated carbocycles. The molecule has 3 amide bonds. The highest BCUT2D eigenvalue weighted by Crippen LogP contribution is 2.39. The van der Waals surface area contributed by atoms with E-state index in [1.54, 1.807) is 20.2 Å². The van der Waals surface area contributed by atoms with Crippen molar-refractivity contribution in [2.45, 2.75) is 62.8 Å². The summed E-state index contributed by atoms with van der Waals surface area (Å²) in [5.41, 5.74) is 12.9. The number of carbonyl (C=O) groups excluding carboxylic acids is 3. The minimum absolute atomic E-state index is 0.125. The van der Waals surface area contributed by atoms with Crippen LogP contribution in [0.25, 0.3) is 0 Å². The van der Waals surface area contributed by atoms with Gasteiger partial charge >= 0.3 is 0 Å². The Morgan fingerprint density at radius 2 is 1.97 bits per heavy atom. The second kappa shape index (κ2) is 9.26. The van der Waals surface area contributed by atoms with Gasteiger partial charge < -0.3 is 22.1 Å². The minimum Gasteiger partial charge on any atom is -0.364 e. The number of anilines is 1. The van der Waals surface area contributed by atoms with E-state index in [0.29, 0.717) is 30.7 Å². The first-order valence-electron chi connectivity index (χ1n) is 11.5. The van der Waals surface area contributed by atoms with Gasteiger partial charge in [0.1, 0.15) is 11.2 Å². The van der Waals surface area contributed by atoms with Gasteiger partial charge in [-0.25, -0.2) is 0 Å². The third kappa shape index (κ3) is 4.67. The van der Waals surface area contributed by atoms with E-state index in [-0.39, 0.29) is 17.7 Å². The number of carbonyl (C=O) groups is 3. The summed E-state index contributed by atoms with van der Waals surface area (Å²) in [6.45, 7) is 0. The van der Waals surface area contributed by atoms with Gasteiger partial charge in [0.2, 0.25) is 11.8 Å². The molecule has 0 aliphatic heterocycles. The molecule has 1 fully saturated rings. The molecule has 9 nitrogen and oxygen atoms in total. The number of nitrogens with one attached hydrogen (secondary N) is 2. The number of nitrogens with two attached hydrogens (primary N) is 2. The molecular formula is C23H32N6O3S. The van der Waals surface area contributed by atoms with Gasteiger partial charge in [0, 0.05) is 25.4 Å². The van der Waals surface area contributed by atoms with Crippen LogP contribution < -0.4 is 22.1 Å². The Kier molecular flexibility index (Phi) is 6.58. The van der Waals surface area contributed by atoms with Crippen molar-refractivity contribution >= 4 is 34.1 Å². The van der Waals surface area contributed by atoms with E-state index in [4.69, 9.17) is 11.5 Å². The van der Waals surface area contributed by atoms with Crippen LogP contribution in [-0.2, 0) is 29.5 Å². The number of primary amides is 1. The monoisotopic (exact) mass is 472 g/mol. The highest BCUT2D eigenvalue weighted by Gasteiger charge is 2.39. The Labute approximate surface area is 197 Å². The number of likely N-dealkylation sites (N-methyl/N-ethyl adjacent to an activating group) is 1. The maximum atomic E-state index is 13.5. The quantitative estimate of drug-likeness (QED) is 0.507. The van der Waals surface area contributed by atoms with Gasteiger partial charge in [0.25, 0.3) is 5.91 Å². The molecular weight excluding hydrogens is 440 g/mol. The van der Waals surface area contributed by atoms with Crippen molar-refractivity contribution in [3.8, 4) is 0 Å². The average molecular weight is 473 g/mol. The summed E-state index contributed by atoms with van der Waals surface area (Å²) in [4.78, 5) is 38.6. The van der Waals surface area contributed by atoms with Crippen molar-refractivity contribution in [2.24, 2.45) is 24.4 Å². The van der Waals surface area contributed by atoms with Crippen molar-refractivity contribution in [3.63, 3.8) is 0 Å². The molecule has 6 N–H and O–H groups in total. The maximum absolute atomic E-state index is 13.5. The molecule has 2 aromatic rings. The molecule has 2 aliphatic rings. The average Bonchev–Trinajstić information content (AvgIpc) is 3.36. The van der Waals surface area contributed by atoms with E-state index < -0.39 is 17.4 Å². The summed E-state index contributed by atoms with van der Waals surface area (Å²) < 4.78 is 1.45. The van der Waals surface area contributed by atoms with E-state index in [1.165, 1.54) is 22.4 Å². The highest BCUT2D eigenvalue weighted by molar-refractivity contribution is 7.16. The summed E-state index contributed by atoms with van der Waals surface area (Å²) in [6.07, 6.45) is 6.94. The van der Waals surface area contributed by atoms with Crippen molar-refractivity contribution in [1.82, 2.24) is 15.1 Å². The summed E-state index contributed by atoms with van der Waals surface area (Å²) in [5, 5.41) is 11.0. The number of hydrogen-bond donors (Lipinski definition) is 4. The van der Waals surface area contributed by atoms with Gasteiger partial charge in [0.05, 0.1) is 16.6 Å². The van der Waals surface area contributed by atoms with Crippen molar-refractivity contribution in [1.29, 1.82) is 0 Å². The van der Waals surface area contributed by atoms with Crippen LogP contribution in [-0.4, -0.2) is 40.1 Å². The molecule has 0 bridgehead atoms. The molecule has 10 heteroatoms. The predicted molar refractivity (Wildman–Crippen MR) is 127 cm³/mol. The van der Waals surface area contributed by atoms with Gasteiger partial charge in [-0.1, -0.05) is 19.3 Å². The molecule has 1 unspecified atom stereocenters. The Hall–Kier alpha value is -2.72. The van der Waals surface area contributed by atoms with Gasteiger partial charge in [-0.3, -0.25) is 19.1 Å². The third-order valence-electron chi connectivity index (χ3n) is 7.01. The molecule has 4 rings (SSSR count). The fourth-order valence-corrected chi connectivity index (χ4v) is 6.43. The molecule has 0 aromatic carbocycles. The number of fused-ring (bicyclic) bond motifs is 1. The van der Waals surface area contributed by atoms with E-state index in [1.807, 2.05) is 6.07 Å². The summed E-state index contributed by atoms with van der Waals surface area (Å²) >= 11 is 1.47. The topological polar surface area (TPSA) is 145 Å². The standard InChI is InChI=1S/C23H32N6O3S/c1-26-22(32)23(25)9-8-14-10-18(33-17(14)12-23)27-21(31)19(13-6-4-3-5-7-13)15-11-16(20(24)30)29(2)28-15/h10-11,13,19H,3-9,12,25H2,1-2H3,(H2,24,30)(H,26,32)(H,27,31)/t19-,23?/m0/s1. The fourth-order valence-electron chi connectivity index (χ4n) is 5.19. The molecule has 2 heterocycles. The third-order valence-corrected chi connectivity index (χ3v) is 8.11. The lowest BCUT2D eigenvalue weighted by molar-refractivity contribution is -0.126. The largest absolute Gasteiger partial charge is 0.364 e. The number of aryl methyl sites for hydroxylation is 2. The fraction of sp³-hybridized carbons (Fsp3) is 0.565. The molecule has 0 radical (unpaired) electrons. The molecule has 33 heavy (non-hydrogen) atoms. The van der Waals surface area contributed by atoms with Gasteiger partial charge in [0.15, 0.2) is 0 Å². The first-order chi connectivity index (χ1) is 15.7. The van der Waals surface area contributed by atoms with Gasteiger partial charge in [-0.05, 0) is 49.3 Å². The number of thiophene rings is 1. The van der Waals surface area contributed by atoms with Crippen LogP contribution in [0.1, 0.15) is 71.1 Å². The van der Waals surface area contributed by atoms with E-state index in [9.17, 15) is 14.4 Å². The molecule has 178 valence electrons. The zero-order chi connectivity index (χ0) is 23.8. The maximum Gasteiger partial charge on any atom is 0.266 e. The molecule has 2 atom stereocenters. The first-order valence-corrected chi connectivity index (χ1v) is 12.3. The van der Waals surface area contributed by atoms with Crippen LogP contribution in [0.4, 0.5) is 5.00 Å². The van der Waals surface area contributed by atoms with Crippen LogP contribution in [0.3, 0.4) is 0 Å². The van der Waals surface area contributed by atoms with Crippen molar-refractivity contribution < 1.29 is 14.4 Å². The SMILES string of the molecule is CNC(=O)C1(N)CCc2cc(NC(=O)[C@H](c3cc(C(N)=O)n(C)n3)C3CCCCC3)sc2C1. The van der Waals surface area contributed by atoms with E-state index in [0.717, 1.165) is 41.1 Å². The van der Waals surface area contributed by atoms with Crippen LogP contribution in [0.5, 0.6) is 0 Å². The van der Waals surface area contributed by atoms with E-state index in [2.05, 4.69) is 15.7 Å². The van der Waals surface area contributed by atoms with Crippen molar-refractivity contribution in [2.75, 3.05) is 12.4 Å². The predicted octanol–water partition coefficient (Wildman–Crippen LogP) is 1.82. The second-order valence-corrected chi connectivity index (χ2v) is 10.4. The Bertz CT molecular complexity index is 1070. The summed E-state index contributed by atoms with van der Waals surface area (Å²) in [7, 11) is 3.26. The Morgan fingerprint density at radius 3 is 2.61 bits per heavy atom. The summed E-state index contributed by atoms with van der Waals surface area (Å²) in [6, 6.07) is 3.64. The zero-order valence-corrected chi connectivity index (χ0v) is 20.0.